The summed E-state index contributed by atoms with van der Waals surface area (Å²) in [7, 11) is 0. The molecule has 1 fully saturated rings. The van der Waals surface area contributed by atoms with E-state index in [-0.39, 0.29) is 5.41 Å². The summed E-state index contributed by atoms with van der Waals surface area (Å²) in [6.07, 6.45) is 5.46. The summed E-state index contributed by atoms with van der Waals surface area (Å²) >= 11 is 0. The molecule has 2 heterocycles. The van der Waals surface area contributed by atoms with Crippen LogP contribution in [0.2, 0.25) is 0 Å². The molecule has 0 atom stereocenters. The van der Waals surface area contributed by atoms with Gasteiger partial charge in [0.1, 0.15) is 11.5 Å². The molecule has 2 heteroatoms. The van der Waals surface area contributed by atoms with Gasteiger partial charge in [-0.1, -0.05) is 33.6 Å². The molecule has 17 heavy (non-hydrogen) atoms. The van der Waals surface area contributed by atoms with Crippen LogP contribution >= 0.6 is 0 Å². The normalized spacial score (nSPS) is 19.2. The lowest BCUT2D eigenvalue weighted by Crippen LogP contribution is -2.23. The third-order valence-corrected chi connectivity index (χ3v) is 3.48. The number of rotatable bonds is 2. The monoisotopic (exact) mass is 235 g/mol. The van der Waals surface area contributed by atoms with E-state index >= 15 is 0 Å². The van der Waals surface area contributed by atoms with E-state index in [2.05, 4.69) is 37.8 Å². The Morgan fingerprint density at radius 1 is 1.06 bits per heavy atom. The van der Waals surface area contributed by atoms with E-state index in [1.807, 2.05) is 0 Å². The Morgan fingerprint density at radius 3 is 2.24 bits per heavy atom. The van der Waals surface area contributed by atoms with Gasteiger partial charge in [-0.25, -0.2) is 0 Å². The van der Waals surface area contributed by atoms with Crippen molar-refractivity contribution in [3.8, 4) is 0 Å². The van der Waals surface area contributed by atoms with Gasteiger partial charge in [-0.2, -0.15) is 0 Å². The highest BCUT2D eigenvalue weighted by Gasteiger charge is 2.19. The molecule has 0 bridgehead atoms. The number of likely N-dealkylation sites (tertiary alicyclic amines) is 1. The van der Waals surface area contributed by atoms with Crippen molar-refractivity contribution in [1.29, 1.82) is 0 Å². The smallest absolute Gasteiger partial charge is 0.118 e. The Labute approximate surface area is 105 Å². The van der Waals surface area contributed by atoms with Gasteiger partial charge in [0.2, 0.25) is 0 Å². The van der Waals surface area contributed by atoms with Crippen LogP contribution in [0.1, 0.15) is 58.0 Å². The molecule has 2 nitrogen and oxygen atoms in total. The first kappa shape index (κ1) is 12.7. The fraction of sp³-hybridized carbons (Fsp3) is 0.733. The Bertz CT molecular complexity index is 340. The van der Waals surface area contributed by atoms with E-state index in [9.17, 15) is 0 Å². The van der Waals surface area contributed by atoms with E-state index in [0.29, 0.717) is 0 Å². The zero-order valence-corrected chi connectivity index (χ0v) is 11.5. The molecule has 1 aromatic heterocycles. The molecule has 2 rings (SSSR count). The van der Waals surface area contributed by atoms with Gasteiger partial charge in [0.25, 0.3) is 0 Å². The topological polar surface area (TPSA) is 16.4 Å². The maximum absolute atomic E-state index is 5.95. The van der Waals surface area contributed by atoms with Gasteiger partial charge in [0.15, 0.2) is 0 Å². The van der Waals surface area contributed by atoms with Crippen LogP contribution in [0.3, 0.4) is 0 Å². The maximum atomic E-state index is 5.95. The molecule has 0 radical (unpaired) electrons. The van der Waals surface area contributed by atoms with Gasteiger partial charge in [-0.15, -0.1) is 0 Å². The SMILES string of the molecule is CC(C)(C)c1ccc(CN2CCCCCC2)o1. The molecule has 0 aromatic carbocycles. The van der Waals surface area contributed by atoms with Crippen LogP contribution in [0.15, 0.2) is 16.5 Å². The third kappa shape index (κ3) is 3.60. The molecule has 1 aliphatic heterocycles. The van der Waals surface area contributed by atoms with Gasteiger partial charge in [0, 0.05) is 5.41 Å². The minimum atomic E-state index is 0.122. The zero-order valence-electron chi connectivity index (χ0n) is 11.5. The summed E-state index contributed by atoms with van der Waals surface area (Å²) in [5.41, 5.74) is 0.122. The van der Waals surface area contributed by atoms with Crippen molar-refractivity contribution in [2.45, 2.75) is 58.4 Å². The van der Waals surface area contributed by atoms with Crippen molar-refractivity contribution in [3.63, 3.8) is 0 Å². The number of furan rings is 1. The second-order valence-electron chi connectivity index (χ2n) is 6.21. The van der Waals surface area contributed by atoms with Crippen molar-refractivity contribution in [3.05, 3.63) is 23.7 Å². The van der Waals surface area contributed by atoms with Gasteiger partial charge in [-0.05, 0) is 38.1 Å². The van der Waals surface area contributed by atoms with E-state index < -0.39 is 0 Å². The van der Waals surface area contributed by atoms with Crippen LogP contribution in [-0.2, 0) is 12.0 Å². The number of nitrogens with zero attached hydrogens (tertiary/aromatic N) is 1. The molecule has 0 N–H and O–H groups in total. The summed E-state index contributed by atoms with van der Waals surface area (Å²) in [4.78, 5) is 2.53. The molecule has 0 saturated carbocycles. The predicted molar refractivity (Wildman–Crippen MR) is 71.2 cm³/mol. The lowest BCUT2D eigenvalue weighted by atomic mass is 9.94. The van der Waals surface area contributed by atoms with Gasteiger partial charge in [-0.3, -0.25) is 4.90 Å². The quantitative estimate of drug-likeness (QED) is 0.771. The summed E-state index contributed by atoms with van der Waals surface area (Å²) in [6.45, 7) is 10.0. The van der Waals surface area contributed by atoms with Crippen molar-refractivity contribution in [2.24, 2.45) is 0 Å². The highest BCUT2D eigenvalue weighted by atomic mass is 16.3. The minimum Gasteiger partial charge on any atom is -0.464 e. The summed E-state index contributed by atoms with van der Waals surface area (Å²) in [5, 5.41) is 0. The van der Waals surface area contributed by atoms with Gasteiger partial charge < -0.3 is 4.42 Å². The first-order valence-electron chi connectivity index (χ1n) is 6.87. The maximum Gasteiger partial charge on any atom is 0.118 e. The molecule has 0 spiro atoms. The van der Waals surface area contributed by atoms with Crippen molar-refractivity contribution < 1.29 is 4.42 Å². The minimum absolute atomic E-state index is 0.122. The van der Waals surface area contributed by atoms with Gasteiger partial charge >= 0.3 is 0 Å². The first-order valence-corrected chi connectivity index (χ1v) is 6.87. The van der Waals surface area contributed by atoms with Crippen LogP contribution < -0.4 is 0 Å². The predicted octanol–water partition coefficient (Wildman–Crippen LogP) is 3.95. The van der Waals surface area contributed by atoms with E-state index in [1.54, 1.807) is 0 Å². The molecule has 0 unspecified atom stereocenters. The van der Waals surface area contributed by atoms with Crippen LogP contribution in [0.5, 0.6) is 0 Å². The fourth-order valence-electron chi connectivity index (χ4n) is 2.38. The van der Waals surface area contributed by atoms with Crippen molar-refractivity contribution in [1.82, 2.24) is 4.90 Å². The summed E-state index contributed by atoms with van der Waals surface area (Å²) in [6, 6.07) is 4.28. The molecule has 0 aliphatic carbocycles. The third-order valence-electron chi connectivity index (χ3n) is 3.48. The largest absolute Gasteiger partial charge is 0.464 e. The summed E-state index contributed by atoms with van der Waals surface area (Å²) < 4.78 is 5.95. The van der Waals surface area contributed by atoms with Crippen LogP contribution in [0.4, 0.5) is 0 Å². The van der Waals surface area contributed by atoms with E-state index in [4.69, 9.17) is 4.42 Å². The summed E-state index contributed by atoms with van der Waals surface area (Å²) in [5.74, 6) is 2.22. The average molecular weight is 235 g/mol. The Hall–Kier alpha value is -0.760. The Morgan fingerprint density at radius 2 is 1.71 bits per heavy atom. The lowest BCUT2D eigenvalue weighted by molar-refractivity contribution is 0.245. The van der Waals surface area contributed by atoms with Crippen molar-refractivity contribution in [2.75, 3.05) is 13.1 Å². The Kier molecular flexibility index (Phi) is 3.93. The molecule has 1 saturated heterocycles. The number of hydrogen-bond donors (Lipinski definition) is 0. The first-order chi connectivity index (χ1) is 8.05. The van der Waals surface area contributed by atoms with Gasteiger partial charge in [0.05, 0.1) is 6.54 Å². The molecular formula is C15H25NO. The Balaban J connectivity index is 1.96. The number of hydrogen-bond acceptors (Lipinski definition) is 2. The molecule has 96 valence electrons. The molecular weight excluding hydrogens is 210 g/mol. The highest BCUT2D eigenvalue weighted by molar-refractivity contribution is 5.14. The average Bonchev–Trinajstić information content (AvgIpc) is 2.56. The van der Waals surface area contributed by atoms with E-state index in [0.717, 1.165) is 18.1 Å². The van der Waals surface area contributed by atoms with Crippen LogP contribution in [0, 0.1) is 0 Å². The van der Waals surface area contributed by atoms with Crippen molar-refractivity contribution >= 4 is 0 Å². The second-order valence-corrected chi connectivity index (χ2v) is 6.21. The lowest BCUT2D eigenvalue weighted by Gasteiger charge is -2.18. The highest BCUT2D eigenvalue weighted by Crippen LogP contribution is 2.25. The fourth-order valence-corrected chi connectivity index (χ4v) is 2.38. The second kappa shape index (κ2) is 5.26. The molecule has 1 aromatic rings. The molecule has 0 amide bonds. The van der Waals surface area contributed by atoms with Crippen LogP contribution in [0.25, 0.3) is 0 Å². The van der Waals surface area contributed by atoms with E-state index in [1.165, 1.54) is 38.8 Å². The molecule has 1 aliphatic rings. The zero-order chi connectivity index (χ0) is 12.3. The van der Waals surface area contributed by atoms with Crippen LogP contribution in [-0.4, -0.2) is 18.0 Å². The standard InChI is InChI=1S/C15H25NO/c1-15(2,3)14-9-8-13(17-14)12-16-10-6-4-5-7-11-16/h8-9H,4-7,10-12H2,1-3H3.